The van der Waals surface area contributed by atoms with Crippen LogP contribution in [0.5, 0.6) is 0 Å². The van der Waals surface area contributed by atoms with Gasteiger partial charge in [0.1, 0.15) is 0 Å². The largest absolute Gasteiger partial charge is 0.347 e. The molecule has 5 nitrogen and oxygen atoms in total. The number of guanidine groups is 1. The van der Waals surface area contributed by atoms with E-state index in [0.29, 0.717) is 6.54 Å². The molecule has 0 unspecified atom stereocenters. The topological polar surface area (TPSA) is 47.9 Å². The zero-order valence-electron chi connectivity index (χ0n) is 12.2. The van der Waals surface area contributed by atoms with Gasteiger partial charge < -0.3 is 15.1 Å². The van der Waals surface area contributed by atoms with Gasteiger partial charge in [-0.3, -0.25) is 9.79 Å². The molecule has 0 bridgehead atoms. The number of halogens is 1. The van der Waals surface area contributed by atoms with E-state index < -0.39 is 0 Å². The second-order valence-electron chi connectivity index (χ2n) is 5.26. The number of rotatable bonds is 2. The van der Waals surface area contributed by atoms with Gasteiger partial charge in [0.2, 0.25) is 5.91 Å². The smallest absolute Gasteiger partial charge is 0.246 e. The van der Waals surface area contributed by atoms with Crippen molar-refractivity contribution in [2.75, 3.05) is 38.1 Å². The average Bonchev–Trinajstić information content (AvgIpc) is 2.89. The van der Waals surface area contributed by atoms with Crippen LogP contribution in [-0.4, -0.2) is 50.0 Å². The quantitative estimate of drug-likeness (QED) is 0.766. The maximum atomic E-state index is 12.4. The molecule has 1 amide bonds. The van der Waals surface area contributed by atoms with Crippen molar-refractivity contribution in [1.29, 1.82) is 0 Å². The van der Waals surface area contributed by atoms with E-state index in [4.69, 9.17) is 0 Å². The molecule has 0 saturated heterocycles. The summed E-state index contributed by atoms with van der Waals surface area (Å²) < 4.78 is 0. The molecule has 2 aliphatic heterocycles. The van der Waals surface area contributed by atoms with Crippen LogP contribution in [0.15, 0.2) is 29.3 Å². The lowest BCUT2D eigenvalue weighted by atomic mass is 10.0. The second-order valence-corrected chi connectivity index (χ2v) is 5.26. The molecule has 0 saturated carbocycles. The molecule has 2 aliphatic rings. The molecular formula is C15H21IN4O. The molecule has 0 radical (unpaired) electrons. The Bertz CT molecular complexity index is 546. The highest BCUT2D eigenvalue weighted by Gasteiger charge is 2.22. The van der Waals surface area contributed by atoms with E-state index in [9.17, 15) is 4.79 Å². The number of anilines is 1. The highest BCUT2D eigenvalue weighted by Crippen LogP contribution is 2.26. The third kappa shape index (κ3) is 3.48. The van der Waals surface area contributed by atoms with Crippen molar-refractivity contribution >= 4 is 41.5 Å². The minimum absolute atomic E-state index is 0. The summed E-state index contributed by atoms with van der Waals surface area (Å²) in [5, 5.41) is 3.14. The molecule has 2 heterocycles. The number of carbonyl (C=O) groups is 1. The fourth-order valence-electron chi connectivity index (χ4n) is 2.77. The zero-order valence-corrected chi connectivity index (χ0v) is 14.5. The molecule has 21 heavy (non-hydrogen) atoms. The zero-order chi connectivity index (χ0) is 13.9. The van der Waals surface area contributed by atoms with E-state index in [1.807, 2.05) is 35.0 Å². The average molecular weight is 400 g/mol. The van der Waals surface area contributed by atoms with E-state index >= 15 is 0 Å². The molecule has 0 fully saturated rings. The number of benzene rings is 1. The maximum Gasteiger partial charge on any atom is 0.246 e. The lowest BCUT2D eigenvalue weighted by Crippen LogP contribution is -2.45. The van der Waals surface area contributed by atoms with Crippen LogP contribution in [0.3, 0.4) is 0 Å². The van der Waals surface area contributed by atoms with Crippen molar-refractivity contribution in [2.24, 2.45) is 4.99 Å². The fourth-order valence-corrected chi connectivity index (χ4v) is 2.77. The van der Waals surface area contributed by atoms with Crippen LogP contribution in [0.25, 0.3) is 0 Å². The Hall–Kier alpha value is -1.31. The van der Waals surface area contributed by atoms with E-state index in [2.05, 4.69) is 16.4 Å². The maximum absolute atomic E-state index is 12.4. The van der Waals surface area contributed by atoms with Gasteiger partial charge in [-0.15, -0.1) is 24.0 Å². The Kier molecular flexibility index (Phi) is 5.44. The number of amides is 1. The highest BCUT2D eigenvalue weighted by molar-refractivity contribution is 14.0. The summed E-state index contributed by atoms with van der Waals surface area (Å²) in [5.74, 6) is 0.934. The van der Waals surface area contributed by atoms with Crippen LogP contribution < -0.4 is 10.2 Å². The number of nitrogens with zero attached hydrogens (tertiary/aromatic N) is 3. The molecule has 0 aromatic heterocycles. The number of hydrogen-bond donors (Lipinski definition) is 1. The predicted molar refractivity (Wildman–Crippen MR) is 95.5 cm³/mol. The lowest BCUT2D eigenvalue weighted by Gasteiger charge is -2.29. The molecule has 1 N–H and O–H groups in total. The van der Waals surface area contributed by atoms with Crippen LogP contribution in [0.4, 0.5) is 5.69 Å². The van der Waals surface area contributed by atoms with Crippen LogP contribution in [-0.2, 0) is 11.2 Å². The van der Waals surface area contributed by atoms with Crippen molar-refractivity contribution < 1.29 is 4.79 Å². The summed E-state index contributed by atoms with van der Waals surface area (Å²) in [6, 6.07) is 8.17. The number of hydrogen-bond acceptors (Lipinski definition) is 4. The first kappa shape index (κ1) is 16.1. The Balaban J connectivity index is 0.00000161. The summed E-state index contributed by atoms with van der Waals surface area (Å²) in [6.45, 7) is 2.83. The van der Waals surface area contributed by atoms with Crippen LogP contribution in [0.1, 0.15) is 12.0 Å². The molecule has 6 heteroatoms. The molecule has 0 aliphatic carbocycles. The van der Waals surface area contributed by atoms with Gasteiger partial charge in [0.05, 0.1) is 13.1 Å². The monoisotopic (exact) mass is 400 g/mol. The van der Waals surface area contributed by atoms with Crippen LogP contribution in [0.2, 0.25) is 0 Å². The summed E-state index contributed by atoms with van der Waals surface area (Å²) in [7, 11) is 1.99. The molecule has 1 aromatic carbocycles. The lowest BCUT2D eigenvalue weighted by molar-refractivity contribution is -0.117. The molecule has 3 rings (SSSR count). The summed E-state index contributed by atoms with van der Waals surface area (Å²) in [4.78, 5) is 20.7. The van der Waals surface area contributed by atoms with Crippen molar-refractivity contribution in [1.82, 2.24) is 10.2 Å². The van der Waals surface area contributed by atoms with Crippen molar-refractivity contribution in [3.63, 3.8) is 0 Å². The Morgan fingerprint density at radius 2 is 2.14 bits per heavy atom. The van der Waals surface area contributed by atoms with E-state index in [1.165, 1.54) is 5.56 Å². The summed E-state index contributed by atoms with van der Waals surface area (Å²) >= 11 is 0. The molecule has 114 valence electrons. The first-order chi connectivity index (χ1) is 9.75. The van der Waals surface area contributed by atoms with Gasteiger partial charge in [0.15, 0.2) is 5.96 Å². The number of aryl methyl sites for hydroxylation is 1. The van der Waals surface area contributed by atoms with Crippen LogP contribution in [0, 0.1) is 0 Å². The van der Waals surface area contributed by atoms with Crippen molar-refractivity contribution in [3.05, 3.63) is 29.8 Å². The predicted octanol–water partition coefficient (Wildman–Crippen LogP) is 1.47. The van der Waals surface area contributed by atoms with E-state index in [1.54, 1.807) is 0 Å². The van der Waals surface area contributed by atoms with Crippen molar-refractivity contribution in [2.45, 2.75) is 12.8 Å². The second kappa shape index (κ2) is 7.11. The van der Waals surface area contributed by atoms with Gasteiger partial charge in [-0.05, 0) is 24.5 Å². The minimum Gasteiger partial charge on any atom is -0.347 e. The van der Waals surface area contributed by atoms with Gasteiger partial charge in [-0.1, -0.05) is 18.2 Å². The number of carbonyl (C=O) groups excluding carboxylic acids is 1. The normalized spacial score (nSPS) is 16.9. The Morgan fingerprint density at radius 3 is 2.90 bits per heavy atom. The minimum atomic E-state index is 0. The van der Waals surface area contributed by atoms with E-state index in [-0.39, 0.29) is 29.9 Å². The third-order valence-corrected chi connectivity index (χ3v) is 3.87. The fraction of sp³-hybridized carbons (Fsp3) is 0.467. The van der Waals surface area contributed by atoms with Gasteiger partial charge in [-0.2, -0.15) is 0 Å². The molecule has 0 atom stereocenters. The molecular weight excluding hydrogens is 379 g/mol. The third-order valence-electron chi connectivity index (χ3n) is 3.87. The first-order valence-electron chi connectivity index (χ1n) is 7.13. The van der Waals surface area contributed by atoms with Gasteiger partial charge in [-0.25, -0.2) is 0 Å². The van der Waals surface area contributed by atoms with Gasteiger partial charge in [0.25, 0.3) is 0 Å². The number of nitrogens with one attached hydrogen (secondary N) is 1. The van der Waals surface area contributed by atoms with Gasteiger partial charge >= 0.3 is 0 Å². The van der Waals surface area contributed by atoms with Crippen molar-refractivity contribution in [3.8, 4) is 0 Å². The molecule has 0 spiro atoms. The number of fused-ring (bicyclic) bond motifs is 1. The standard InChI is InChI=1S/C15H20N4O.HI/c1-18-10-8-16-15(18)17-11-14(20)19-9-4-6-12-5-2-3-7-13(12)19;/h2-3,5,7H,4,6,8-11H2,1H3,(H,16,17);1H. The Labute approximate surface area is 142 Å². The highest BCUT2D eigenvalue weighted by atomic mass is 127. The first-order valence-corrected chi connectivity index (χ1v) is 7.13. The molecule has 1 aromatic rings. The SMILES string of the molecule is CN1CCN=C1NCC(=O)N1CCCc2ccccc21.I. The Morgan fingerprint density at radius 1 is 1.33 bits per heavy atom. The van der Waals surface area contributed by atoms with Gasteiger partial charge in [0, 0.05) is 25.8 Å². The number of para-hydroxylation sites is 1. The van der Waals surface area contributed by atoms with E-state index in [0.717, 1.165) is 44.1 Å². The summed E-state index contributed by atoms with van der Waals surface area (Å²) in [5.41, 5.74) is 2.33. The van der Waals surface area contributed by atoms with Crippen LogP contribution >= 0.6 is 24.0 Å². The summed E-state index contributed by atoms with van der Waals surface area (Å²) in [6.07, 6.45) is 2.09. The number of aliphatic imine (C=N–C) groups is 1. The number of likely N-dealkylation sites (N-methyl/N-ethyl adjacent to an activating group) is 1.